The van der Waals surface area contributed by atoms with Gasteiger partial charge in [0.05, 0.1) is 5.69 Å². The second-order valence-corrected chi connectivity index (χ2v) is 5.24. The lowest BCUT2D eigenvalue weighted by atomic mass is 9.99. The van der Waals surface area contributed by atoms with E-state index < -0.39 is 0 Å². The molecule has 0 aliphatic rings. The van der Waals surface area contributed by atoms with Gasteiger partial charge in [0.15, 0.2) is 5.78 Å². The van der Waals surface area contributed by atoms with Gasteiger partial charge >= 0.3 is 0 Å². The molecule has 1 aromatic heterocycles. The van der Waals surface area contributed by atoms with Gasteiger partial charge in [-0.1, -0.05) is 49.4 Å². The zero-order valence-corrected chi connectivity index (χ0v) is 12.3. The third kappa shape index (κ3) is 2.59. The van der Waals surface area contributed by atoms with Crippen LogP contribution in [-0.2, 0) is 19.9 Å². The van der Waals surface area contributed by atoms with Crippen LogP contribution >= 0.6 is 0 Å². The first-order valence-corrected chi connectivity index (χ1v) is 7.22. The van der Waals surface area contributed by atoms with Crippen LogP contribution in [0.2, 0.25) is 0 Å². The Labute approximate surface area is 124 Å². The largest absolute Gasteiger partial charge is 0.292 e. The quantitative estimate of drug-likeness (QED) is 0.684. The van der Waals surface area contributed by atoms with Gasteiger partial charge in [0.2, 0.25) is 0 Å². The number of rotatable bonds is 4. The third-order valence-corrected chi connectivity index (χ3v) is 3.81. The first-order chi connectivity index (χ1) is 10.2. The molecule has 0 amide bonds. The lowest BCUT2D eigenvalue weighted by Crippen LogP contribution is -2.09. The van der Waals surface area contributed by atoms with E-state index in [4.69, 9.17) is 0 Å². The number of carbonyl (C=O) groups is 1. The smallest absolute Gasteiger partial charge is 0.185 e. The molecule has 0 spiro atoms. The summed E-state index contributed by atoms with van der Waals surface area (Å²) in [5.41, 5.74) is 2.70. The third-order valence-electron chi connectivity index (χ3n) is 3.81. The molecule has 21 heavy (non-hydrogen) atoms. The molecule has 0 radical (unpaired) electrons. The summed E-state index contributed by atoms with van der Waals surface area (Å²) in [6.45, 7) is 2.04. The Bertz CT molecular complexity index is 797. The molecule has 0 aliphatic heterocycles. The van der Waals surface area contributed by atoms with Crippen molar-refractivity contribution < 1.29 is 4.79 Å². The SMILES string of the molecule is CCc1cc(C(=O)Cc2cccc3ccccc23)n(C)n1. The molecule has 3 rings (SSSR count). The number of aryl methyl sites for hydroxylation is 2. The van der Waals surface area contributed by atoms with Crippen LogP contribution in [0.4, 0.5) is 0 Å². The van der Waals surface area contributed by atoms with Gasteiger partial charge in [-0.15, -0.1) is 0 Å². The van der Waals surface area contributed by atoms with E-state index in [1.807, 2.05) is 44.3 Å². The minimum atomic E-state index is 0.112. The number of fused-ring (bicyclic) bond motifs is 1. The van der Waals surface area contributed by atoms with E-state index in [9.17, 15) is 4.79 Å². The van der Waals surface area contributed by atoms with E-state index in [0.717, 1.165) is 23.1 Å². The first-order valence-electron chi connectivity index (χ1n) is 7.22. The Balaban J connectivity index is 1.94. The highest BCUT2D eigenvalue weighted by atomic mass is 16.1. The number of Topliss-reactive ketones (excluding diaryl/α,β-unsaturated/α-hetero) is 1. The Morgan fingerprint density at radius 2 is 1.90 bits per heavy atom. The van der Waals surface area contributed by atoms with E-state index in [1.54, 1.807) is 4.68 Å². The minimum absolute atomic E-state index is 0.112. The summed E-state index contributed by atoms with van der Waals surface area (Å²) in [6, 6.07) is 16.2. The molecule has 0 atom stereocenters. The van der Waals surface area contributed by atoms with Gasteiger partial charge in [-0.3, -0.25) is 9.48 Å². The number of aromatic nitrogens is 2. The van der Waals surface area contributed by atoms with E-state index in [0.29, 0.717) is 12.1 Å². The fourth-order valence-corrected chi connectivity index (χ4v) is 2.67. The van der Waals surface area contributed by atoms with Crippen molar-refractivity contribution in [1.82, 2.24) is 9.78 Å². The van der Waals surface area contributed by atoms with Gasteiger partial charge in [0.25, 0.3) is 0 Å². The van der Waals surface area contributed by atoms with E-state index >= 15 is 0 Å². The molecule has 2 aromatic carbocycles. The highest BCUT2D eigenvalue weighted by Crippen LogP contribution is 2.20. The Morgan fingerprint density at radius 1 is 1.14 bits per heavy atom. The summed E-state index contributed by atoms with van der Waals surface area (Å²) >= 11 is 0. The number of benzene rings is 2. The van der Waals surface area contributed by atoms with Gasteiger partial charge in [-0.2, -0.15) is 5.10 Å². The standard InChI is InChI=1S/C18H18N2O/c1-3-15-12-17(20(2)19-15)18(21)11-14-9-6-8-13-7-4-5-10-16(13)14/h4-10,12H,3,11H2,1-2H3. The number of nitrogens with zero attached hydrogens (tertiary/aromatic N) is 2. The zero-order valence-electron chi connectivity index (χ0n) is 12.3. The van der Waals surface area contributed by atoms with Crippen molar-refractivity contribution in [2.24, 2.45) is 7.05 Å². The first kappa shape index (κ1) is 13.6. The van der Waals surface area contributed by atoms with Crippen LogP contribution in [0.15, 0.2) is 48.5 Å². The van der Waals surface area contributed by atoms with Crippen LogP contribution in [0, 0.1) is 0 Å². The molecule has 0 N–H and O–H groups in total. The van der Waals surface area contributed by atoms with Crippen molar-refractivity contribution in [2.75, 3.05) is 0 Å². The van der Waals surface area contributed by atoms with Gasteiger partial charge in [0, 0.05) is 13.5 Å². The molecule has 0 saturated carbocycles. The van der Waals surface area contributed by atoms with Crippen molar-refractivity contribution in [3.8, 4) is 0 Å². The monoisotopic (exact) mass is 278 g/mol. The second kappa shape index (κ2) is 5.52. The lowest BCUT2D eigenvalue weighted by Gasteiger charge is -2.06. The summed E-state index contributed by atoms with van der Waals surface area (Å²) in [6.07, 6.45) is 1.25. The molecule has 0 fully saturated rings. The van der Waals surface area contributed by atoms with Crippen LogP contribution in [0.25, 0.3) is 10.8 Å². The molecule has 0 unspecified atom stereocenters. The number of hydrogen-bond donors (Lipinski definition) is 0. The average Bonchev–Trinajstić information content (AvgIpc) is 2.89. The highest BCUT2D eigenvalue weighted by Gasteiger charge is 2.14. The van der Waals surface area contributed by atoms with Crippen molar-refractivity contribution in [1.29, 1.82) is 0 Å². The van der Waals surface area contributed by atoms with Crippen LogP contribution < -0.4 is 0 Å². The molecular formula is C18H18N2O. The van der Waals surface area contributed by atoms with Crippen LogP contribution in [0.1, 0.15) is 28.7 Å². The van der Waals surface area contributed by atoms with Gasteiger partial charge in [0.1, 0.15) is 5.69 Å². The van der Waals surface area contributed by atoms with Gasteiger partial charge in [-0.05, 0) is 28.8 Å². The molecule has 0 bridgehead atoms. The molecule has 0 saturated heterocycles. The van der Waals surface area contributed by atoms with Crippen molar-refractivity contribution >= 4 is 16.6 Å². The number of hydrogen-bond acceptors (Lipinski definition) is 2. The summed E-state index contributed by atoms with van der Waals surface area (Å²) < 4.78 is 1.69. The molecule has 3 aromatic rings. The molecular weight excluding hydrogens is 260 g/mol. The molecule has 1 heterocycles. The average molecular weight is 278 g/mol. The van der Waals surface area contributed by atoms with Crippen molar-refractivity contribution in [3.05, 3.63) is 65.5 Å². The van der Waals surface area contributed by atoms with Crippen LogP contribution in [-0.4, -0.2) is 15.6 Å². The van der Waals surface area contributed by atoms with Crippen LogP contribution in [0.3, 0.4) is 0 Å². The van der Waals surface area contributed by atoms with Crippen molar-refractivity contribution in [3.63, 3.8) is 0 Å². The van der Waals surface area contributed by atoms with Crippen molar-refractivity contribution in [2.45, 2.75) is 19.8 Å². The number of carbonyl (C=O) groups excluding carboxylic acids is 1. The fraction of sp³-hybridized carbons (Fsp3) is 0.222. The van der Waals surface area contributed by atoms with E-state index in [1.165, 1.54) is 5.39 Å². The van der Waals surface area contributed by atoms with E-state index in [-0.39, 0.29) is 5.78 Å². The Morgan fingerprint density at radius 3 is 2.67 bits per heavy atom. The molecule has 3 nitrogen and oxygen atoms in total. The second-order valence-electron chi connectivity index (χ2n) is 5.24. The molecule has 0 aliphatic carbocycles. The maximum Gasteiger partial charge on any atom is 0.185 e. The summed E-state index contributed by atoms with van der Waals surface area (Å²) in [4.78, 5) is 12.5. The Kier molecular flexibility index (Phi) is 3.57. The normalized spacial score (nSPS) is 11.0. The summed E-state index contributed by atoms with van der Waals surface area (Å²) in [5.74, 6) is 0.112. The molecule has 106 valence electrons. The van der Waals surface area contributed by atoms with E-state index in [2.05, 4.69) is 23.3 Å². The Hall–Kier alpha value is -2.42. The zero-order chi connectivity index (χ0) is 14.8. The maximum absolute atomic E-state index is 12.5. The summed E-state index contributed by atoms with van der Waals surface area (Å²) in [7, 11) is 1.83. The summed E-state index contributed by atoms with van der Waals surface area (Å²) in [5, 5.41) is 6.66. The maximum atomic E-state index is 12.5. The predicted octanol–water partition coefficient (Wildman–Crippen LogP) is 3.56. The fourth-order valence-electron chi connectivity index (χ4n) is 2.67. The van der Waals surface area contributed by atoms with Gasteiger partial charge in [-0.25, -0.2) is 0 Å². The topological polar surface area (TPSA) is 34.9 Å². The van der Waals surface area contributed by atoms with Crippen LogP contribution in [0.5, 0.6) is 0 Å². The van der Waals surface area contributed by atoms with Gasteiger partial charge < -0.3 is 0 Å². The number of ketones is 1. The lowest BCUT2D eigenvalue weighted by molar-refractivity contribution is 0.0984. The molecule has 3 heteroatoms. The minimum Gasteiger partial charge on any atom is -0.292 e. The predicted molar refractivity (Wildman–Crippen MR) is 84.6 cm³/mol. The highest BCUT2D eigenvalue weighted by molar-refractivity contribution is 5.99.